The smallest absolute Gasteiger partial charge is 0.326 e. The first-order valence-corrected chi connectivity index (χ1v) is 8.13. The van der Waals surface area contributed by atoms with Crippen molar-refractivity contribution in [1.29, 1.82) is 0 Å². The number of Topliss-reactive ketones (excluding diaryl/α,β-unsaturated/α-hetero) is 1. The van der Waals surface area contributed by atoms with Gasteiger partial charge in [-0.15, -0.1) is 0 Å². The van der Waals surface area contributed by atoms with Gasteiger partial charge >= 0.3 is 5.97 Å². The van der Waals surface area contributed by atoms with Crippen molar-refractivity contribution in [3.05, 3.63) is 23.8 Å². The Labute approximate surface area is 146 Å². The highest BCUT2D eigenvalue weighted by Gasteiger charge is 2.42. The summed E-state index contributed by atoms with van der Waals surface area (Å²) < 4.78 is 15.6. The van der Waals surface area contributed by atoms with Crippen LogP contribution >= 0.6 is 0 Å². The second-order valence-corrected chi connectivity index (χ2v) is 6.18. The van der Waals surface area contributed by atoms with E-state index in [1.165, 1.54) is 12.0 Å². The second-order valence-electron chi connectivity index (χ2n) is 6.18. The number of anilines is 1. The molecule has 1 aromatic carbocycles. The molecule has 0 saturated heterocycles. The molecule has 1 heterocycles. The third-order valence-corrected chi connectivity index (χ3v) is 3.86. The predicted molar refractivity (Wildman–Crippen MR) is 91.0 cm³/mol. The van der Waals surface area contributed by atoms with Crippen molar-refractivity contribution in [3.63, 3.8) is 0 Å². The van der Waals surface area contributed by atoms with E-state index in [9.17, 15) is 14.4 Å². The molecule has 1 amide bonds. The van der Waals surface area contributed by atoms with Gasteiger partial charge in [-0.05, 0) is 32.0 Å². The number of methoxy groups -OCH3 is 1. The number of ketones is 1. The molecule has 7 heteroatoms. The van der Waals surface area contributed by atoms with Crippen LogP contribution in [0, 0.1) is 0 Å². The van der Waals surface area contributed by atoms with Crippen molar-refractivity contribution < 1.29 is 28.6 Å². The largest absolute Gasteiger partial charge is 0.476 e. The van der Waals surface area contributed by atoms with Crippen LogP contribution in [-0.4, -0.2) is 50.1 Å². The second kappa shape index (κ2) is 7.65. The number of benzene rings is 1. The Morgan fingerprint density at radius 3 is 2.60 bits per heavy atom. The lowest BCUT2D eigenvalue weighted by molar-refractivity contribution is -0.145. The minimum absolute atomic E-state index is 0.0531. The fraction of sp³-hybridized carbons (Fsp3) is 0.500. The zero-order valence-corrected chi connectivity index (χ0v) is 15.0. The van der Waals surface area contributed by atoms with Crippen LogP contribution in [0.1, 0.15) is 37.6 Å². The van der Waals surface area contributed by atoms with Gasteiger partial charge in [0.05, 0.1) is 12.3 Å². The zero-order valence-electron chi connectivity index (χ0n) is 15.0. The lowest BCUT2D eigenvalue weighted by atomic mass is 10.0. The van der Waals surface area contributed by atoms with Crippen molar-refractivity contribution in [3.8, 4) is 5.75 Å². The van der Waals surface area contributed by atoms with Gasteiger partial charge in [0.1, 0.15) is 18.9 Å². The van der Waals surface area contributed by atoms with Gasteiger partial charge in [-0.1, -0.05) is 6.92 Å². The molecule has 7 nitrogen and oxygen atoms in total. The van der Waals surface area contributed by atoms with Gasteiger partial charge in [0.2, 0.25) is 0 Å². The van der Waals surface area contributed by atoms with E-state index in [0.29, 0.717) is 23.4 Å². The molecule has 1 aliphatic rings. The van der Waals surface area contributed by atoms with Gasteiger partial charge in [-0.2, -0.15) is 0 Å². The summed E-state index contributed by atoms with van der Waals surface area (Å²) in [6.07, 6.45) is 0.345. The van der Waals surface area contributed by atoms with E-state index in [1.54, 1.807) is 39.0 Å². The molecule has 0 aromatic heterocycles. The summed E-state index contributed by atoms with van der Waals surface area (Å²) in [7, 11) is 1.50. The number of hydrogen-bond donors (Lipinski definition) is 0. The molecule has 0 N–H and O–H groups in total. The number of hydrogen-bond acceptors (Lipinski definition) is 6. The molecule has 0 atom stereocenters. The van der Waals surface area contributed by atoms with Gasteiger partial charge in [-0.3, -0.25) is 19.3 Å². The van der Waals surface area contributed by atoms with Crippen molar-refractivity contribution in [2.24, 2.45) is 0 Å². The van der Waals surface area contributed by atoms with Crippen LogP contribution in [0.4, 0.5) is 5.69 Å². The van der Waals surface area contributed by atoms with Gasteiger partial charge in [0.25, 0.3) is 5.91 Å². The standard InChI is InChI=1S/C18H23NO6/c1-5-14(20)12-6-7-15-13(10-12)19(17(22)18(2,3)25-15)11-16(21)24-9-8-23-4/h6-7,10H,5,8-9,11H2,1-4H3. The first kappa shape index (κ1) is 18.9. The summed E-state index contributed by atoms with van der Waals surface area (Å²) in [4.78, 5) is 38.0. The maximum Gasteiger partial charge on any atom is 0.326 e. The van der Waals surface area contributed by atoms with Crippen LogP contribution in [-0.2, 0) is 19.1 Å². The van der Waals surface area contributed by atoms with E-state index < -0.39 is 11.6 Å². The quantitative estimate of drug-likeness (QED) is 0.425. The Hall–Kier alpha value is -2.41. The summed E-state index contributed by atoms with van der Waals surface area (Å²) in [6.45, 7) is 5.15. The van der Waals surface area contributed by atoms with Crippen LogP contribution in [0.5, 0.6) is 5.75 Å². The first-order valence-electron chi connectivity index (χ1n) is 8.13. The molecule has 0 fully saturated rings. The van der Waals surface area contributed by atoms with E-state index in [1.807, 2.05) is 0 Å². The molecular weight excluding hydrogens is 326 g/mol. The molecule has 136 valence electrons. The predicted octanol–water partition coefficient (Wildman–Crippen LogP) is 1.97. The zero-order chi connectivity index (χ0) is 18.6. The number of carbonyl (C=O) groups excluding carboxylic acids is 3. The lowest BCUT2D eigenvalue weighted by Crippen LogP contribution is -2.54. The summed E-state index contributed by atoms with van der Waals surface area (Å²) in [5.74, 6) is -0.532. The highest BCUT2D eigenvalue weighted by atomic mass is 16.6. The Morgan fingerprint density at radius 2 is 1.96 bits per heavy atom. The fourth-order valence-electron chi connectivity index (χ4n) is 2.52. The molecule has 25 heavy (non-hydrogen) atoms. The van der Waals surface area contributed by atoms with Gasteiger partial charge in [0, 0.05) is 19.1 Å². The topological polar surface area (TPSA) is 82.1 Å². The molecule has 1 aromatic rings. The van der Waals surface area contributed by atoms with Crippen LogP contribution in [0.15, 0.2) is 18.2 Å². The number of rotatable bonds is 7. The maximum absolute atomic E-state index is 12.7. The Kier molecular flexibility index (Phi) is 5.79. The Morgan fingerprint density at radius 1 is 1.24 bits per heavy atom. The van der Waals surface area contributed by atoms with Gasteiger partial charge < -0.3 is 14.2 Å². The number of esters is 1. The molecular formula is C18H23NO6. The minimum atomic E-state index is -1.11. The minimum Gasteiger partial charge on any atom is -0.476 e. The highest BCUT2D eigenvalue weighted by molar-refractivity contribution is 6.06. The average molecular weight is 349 g/mol. The maximum atomic E-state index is 12.7. The summed E-state index contributed by atoms with van der Waals surface area (Å²) in [5.41, 5.74) is -0.252. The molecule has 0 bridgehead atoms. The SMILES string of the molecule is CCC(=O)c1ccc2c(c1)N(CC(=O)OCCOC)C(=O)C(C)(C)O2. The normalized spacial score (nSPS) is 15.4. The average Bonchev–Trinajstić information content (AvgIpc) is 2.58. The van der Waals surface area contributed by atoms with Crippen LogP contribution in [0.3, 0.4) is 0 Å². The Balaban J connectivity index is 2.32. The number of carbonyl (C=O) groups is 3. The summed E-state index contributed by atoms with van der Waals surface area (Å²) >= 11 is 0. The van der Waals surface area contributed by atoms with Crippen LogP contribution < -0.4 is 9.64 Å². The van der Waals surface area contributed by atoms with Crippen molar-refractivity contribution in [2.75, 3.05) is 31.8 Å². The van der Waals surface area contributed by atoms with Crippen molar-refractivity contribution in [2.45, 2.75) is 32.8 Å². The van der Waals surface area contributed by atoms with Gasteiger partial charge in [0.15, 0.2) is 11.4 Å². The van der Waals surface area contributed by atoms with E-state index in [4.69, 9.17) is 14.2 Å². The molecule has 0 unspecified atom stereocenters. The number of nitrogens with zero attached hydrogens (tertiary/aromatic N) is 1. The number of fused-ring (bicyclic) bond motifs is 1. The summed E-state index contributed by atoms with van der Waals surface area (Å²) in [5, 5.41) is 0. The van der Waals surface area contributed by atoms with Crippen LogP contribution in [0.25, 0.3) is 0 Å². The van der Waals surface area contributed by atoms with Crippen molar-refractivity contribution in [1.82, 2.24) is 0 Å². The molecule has 0 aliphatic carbocycles. The van der Waals surface area contributed by atoms with Crippen LogP contribution in [0.2, 0.25) is 0 Å². The third-order valence-electron chi connectivity index (χ3n) is 3.86. The molecule has 0 spiro atoms. The fourth-order valence-corrected chi connectivity index (χ4v) is 2.52. The van der Waals surface area contributed by atoms with E-state index in [-0.39, 0.29) is 31.4 Å². The number of ether oxygens (including phenoxy) is 3. The molecule has 0 saturated carbocycles. The van der Waals surface area contributed by atoms with E-state index >= 15 is 0 Å². The Bertz CT molecular complexity index is 682. The van der Waals surface area contributed by atoms with E-state index in [0.717, 1.165) is 0 Å². The number of amides is 1. The molecule has 0 radical (unpaired) electrons. The van der Waals surface area contributed by atoms with Crippen molar-refractivity contribution >= 4 is 23.3 Å². The third kappa shape index (κ3) is 4.17. The lowest BCUT2D eigenvalue weighted by Gasteiger charge is -2.38. The molecule has 2 rings (SSSR count). The highest BCUT2D eigenvalue weighted by Crippen LogP contribution is 2.38. The first-order chi connectivity index (χ1) is 11.8. The van der Waals surface area contributed by atoms with Gasteiger partial charge in [-0.25, -0.2) is 0 Å². The summed E-state index contributed by atoms with van der Waals surface area (Å²) in [6, 6.07) is 4.89. The monoisotopic (exact) mass is 349 g/mol. The van der Waals surface area contributed by atoms with E-state index in [2.05, 4.69) is 0 Å². The molecule has 1 aliphatic heterocycles.